The van der Waals surface area contributed by atoms with E-state index in [4.69, 9.17) is 11.6 Å². The van der Waals surface area contributed by atoms with E-state index in [1.54, 1.807) is 0 Å². The molecule has 0 N–H and O–H groups in total. The highest BCUT2D eigenvalue weighted by Gasteiger charge is 2.12. The monoisotopic (exact) mass is 218 g/mol. The maximum atomic E-state index is 13.2. The summed E-state index contributed by atoms with van der Waals surface area (Å²) in [5.41, 5.74) is 0.390. The fourth-order valence-corrected chi connectivity index (χ4v) is 1.63. The number of halogens is 3. The lowest BCUT2D eigenvalue weighted by Gasteiger charge is -2.09. The van der Waals surface area contributed by atoms with Crippen LogP contribution in [0, 0.1) is 11.6 Å². The Kier molecular flexibility index (Phi) is 4.33. The van der Waals surface area contributed by atoms with Crippen molar-refractivity contribution in [3.8, 4) is 0 Å². The molecular formula is C11H13ClF2. The molecule has 0 aromatic heterocycles. The molecule has 0 nitrogen and oxygen atoms in total. The third-order valence-corrected chi connectivity index (χ3v) is 2.56. The van der Waals surface area contributed by atoms with E-state index >= 15 is 0 Å². The minimum atomic E-state index is -0.564. The zero-order valence-electron chi connectivity index (χ0n) is 8.06. The van der Waals surface area contributed by atoms with Crippen molar-refractivity contribution in [1.29, 1.82) is 0 Å². The van der Waals surface area contributed by atoms with E-state index in [2.05, 4.69) is 0 Å². The van der Waals surface area contributed by atoms with Crippen LogP contribution in [0.2, 0.25) is 0 Å². The first-order chi connectivity index (χ1) is 6.65. The summed E-state index contributed by atoms with van der Waals surface area (Å²) in [4.78, 5) is 0. The van der Waals surface area contributed by atoms with E-state index in [0.717, 1.165) is 25.3 Å². The van der Waals surface area contributed by atoms with Crippen molar-refractivity contribution in [2.75, 3.05) is 0 Å². The Hall–Kier alpha value is -0.630. The van der Waals surface area contributed by atoms with E-state index in [1.165, 1.54) is 12.1 Å². The van der Waals surface area contributed by atoms with Crippen molar-refractivity contribution < 1.29 is 8.78 Å². The Bertz CT molecular complexity index is 299. The lowest BCUT2D eigenvalue weighted by atomic mass is 10.1. The summed E-state index contributed by atoms with van der Waals surface area (Å²) in [7, 11) is 0. The molecule has 0 radical (unpaired) electrons. The summed E-state index contributed by atoms with van der Waals surface area (Å²) in [6, 6.07) is 3.52. The molecule has 1 atom stereocenters. The number of hydrogen-bond acceptors (Lipinski definition) is 0. The van der Waals surface area contributed by atoms with Gasteiger partial charge in [-0.25, -0.2) is 8.78 Å². The second-order valence-corrected chi connectivity index (χ2v) is 3.80. The highest BCUT2D eigenvalue weighted by atomic mass is 35.5. The van der Waals surface area contributed by atoms with E-state index < -0.39 is 11.6 Å². The summed E-state index contributed by atoms with van der Waals surface area (Å²) in [6.45, 7) is 2.05. The Morgan fingerprint density at radius 1 is 1.36 bits per heavy atom. The number of hydrogen-bond donors (Lipinski definition) is 0. The third kappa shape index (κ3) is 2.95. The van der Waals surface area contributed by atoms with Crippen molar-refractivity contribution >= 4 is 11.6 Å². The summed E-state index contributed by atoms with van der Waals surface area (Å²) >= 11 is 5.98. The molecule has 0 saturated heterocycles. The van der Waals surface area contributed by atoms with Crippen LogP contribution in [0.4, 0.5) is 8.78 Å². The van der Waals surface area contributed by atoms with Crippen molar-refractivity contribution in [2.45, 2.75) is 31.6 Å². The van der Waals surface area contributed by atoms with Crippen LogP contribution in [-0.2, 0) is 0 Å². The van der Waals surface area contributed by atoms with Gasteiger partial charge < -0.3 is 0 Å². The van der Waals surface area contributed by atoms with Crippen LogP contribution < -0.4 is 0 Å². The predicted octanol–water partition coefficient (Wildman–Crippen LogP) is 4.43. The highest BCUT2D eigenvalue weighted by Crippen LogP contribution is 2.28. The van der Waals surface area contributed by atoms with Gasteiger partial charge in [-0.1, -0.05) is 25.8 Å². The summed E-state index contributed by atoms with van der Waals surface area (Å²) in [5.74, 6) is -1.12. The molecule has 0 saturated carbocycles. The van der Waals surface area contributed by atoms with Crippen LogP contribution in [0.5, 0.6) is 0 Å². The molecule has 0 bridgehead atoms. The van der Waals surface area contributed by atoms with E-state index in [1.807, 2.05) is 6.92 Å². The fourth-order valence-electron chi connectivity index (χ4n) is 1.29. The van der Waals surface area contributed by atoms with Crippen LogP contribution >= 0.6 is 11.6 Å². The molecule has 0 amide bonds. The summed E-state index contributed by atoms with van der Waals surface area (Å²) < 4.78 is 25.8. The zero-order valence-corrected chi connectivity index (χ0v) is 8.82. The van der Waals surface area contributed by atoms with E-state index in [-0.39, 0.29) is 5.38 Å². The molecule has 1 aromatic carbocycles. The van der Waals surface area contributed by atoms with Gasteiger partial charge in [-0.3, -0.25) is 0 Å². The zero-order chi connectivity index (χ0) is 10.6. The Morgan fingerprint density at radius 2 is 2.07 bits per heavy atom. The topological polar surface area (TPSA) is 0 Å². The average Bonchev–Trinajstić information content (AvgIpc) is 2.14. The molecule has 78 valence electrons. The maximum Gasteiger partial charge on any atom is 0.130 e. The molecule has 0 spiro atoms. The number of benzene rings is 1. The molecule has 1 unspecified atom stereocenters. The minimum absolute atomic E-state index is 0.351. The molecule has 0 aliphatic carbocycles. The Balaban J connectivity index is 2.74. The van der Waals surface area contributed by atoms with Gasteiger partial charge in [-0.15, -0.1) is 11.6 Å². The summed E-state index contributed by atoms with van der Waals surface area (Å²) in [6.07, 6.45) is 2.69. The molecule has 0 fully saturated rings. The molecule has 0 aliphatic rings. The predicted molar refractivity (Wildman–Crippen MR) is 54.5 cm³/mol. The van der Waals surface area contributed by atoms with Gasteiger partial charge in [-0.2, -0.15) is 0 Å². The SMILES string of the molecule is CCCCC(Cl)c1ccc(F)cc1F. The summed E-state index contributed by atoms with van der Waals surface area (Å²) in [5, 5.41) is -0.351. The van der Waals surface area contributed by atoms with Gasteiger partial charge in [0.25, 0.3) is 0 Å². The normalized spacial score (nSPS) is 12.9. The van der Waals surface area contributed by atoms with Gasteiger partial charge in [0.2, 0.25) is 0 Å². The molecular weight excluding hydrogens is 206 g/mol. The molecule has 14 heavy (non-hydrogen) atoms. The number of unbranched alkanes of at least 4 members (excludes halogenated alkanes) is 1. The standard InChI is InChI=1S/C11H13ClF2/c1-2-3-4-10(12)9-6-5-8(13)7-11(9)14/h5-7,10H,2-4H2,1H3. The van der Waals surface area contributed by atoms with Gasteiger partial charge in [0, 0.05) is 11.6 Å². The van der Waals surface area contributed by atoms with Crippen LogP contribution in [0.1, 0.15) is 37.1 Å². The largest absolute Gasteiger partial charge is 0.207 e. The maximum absolute atomic E-state index is 13.2. The van der Waals surface area contributed by atoms with Crippen LogP contribution in [0.25, 0.3) is 0 Å². The minimum Gasteiger partial charge on any atom is -0.207 e. The van der Waals surface area contributed by atoms with Gasteiger partial charge in [-0.05, 0) is 12.5 Å². The smallest absolute Gasteiger partial charge is 0.130 e. The Labute approximate surface area is 87.9 Å². The molecule has 0 aliphatic heterocycles. The van der Waals surface area contributed by atoms with Gasteiger partial charge in [0.1, 0.15) is 11.6 Å². The molecule has 1 rings (SSSR count). The molecule has 3 heteroatoms. The van der Waals surface area contributed by atoms with E-state index in [0.29, 0.717) is 5.56 Å². The van der Waals surface area contributed by atoms with Gasteiger partial charge >= 0.3 is 0 Å². The third-order valence-electron chi connectivity index (χ3n) is 2.11. The molecule has 1 aromatic rings. The highest BCUT2D eigenvalue weighted by molar-refractivity contribution is 6.20. The average molecular weight is 219 g/mol. The van der Waals surface area contributed by atoms with Crippen LogP contribution in [-0.4, -0.2) is 0 Å². The quantitative estimate of drug-likeness (QED) is 0.656. The van der Waals surface area contributed by atoms with Crippen molar-refractivity contribution in [2.24, 2.45) is 0 Å². The molecule has 0 heterocycles. The lowest BCUT2D eigenvalue weighted by Crippen LogP contribution is -1.95. The van der Waals surface area contributed by atoms with Crippen LogP contribution in [0.3, 0.4) is 0 Å². The van der Waals surface area contributed by atoms with Gasteiger partial charge in [0.05, 0.1) is 5.38 Å². The fraction of sp³-hybridized carbons (Fsp3) is 0.455. The van der Waals surface area contributed by atoms with Crippen molar-refractivity contribution in [3.05, 3.63) is 35.4 Å². The van der Waals surface area contributed by atoms with Crippen LogP contribution in [0.15, 0.2) is 18.2 Å². The number of rotatable bonds is 4. The van der Waals surface area contributed by atoms with Crippen molar-refractivity contribution in [1.82, 2.24) is 0 Å². The lowest BCUT2D eigenvalue weighted by molar-refractivity contribution is 0.563. The van der Waals surface area contributed by atoms with Crippen molar-refractivity contribution in [3.63, 3.8) is 0 Å². The Morgan fingerprint density at radius 3 is 2.64 bits per heavy atom. The first kappa shape index (κ1) is 11.4. The number of alkyl halides is 1. The first-order valence-electron chi connectivity index (χ1n) is 4.74. The van der Waals surface area contributed by atoms with Gasteiger partial charge in [0.15, 0.2) is 0 Å². The second kappa shape index (κ2) is 5.30. The van der Waals surface area contributed by atoms with E-state index in [9.17, 15) is 8.78 Å². The second-order valence-electron chi connectivity index (χ2n) is 3.28. The first-order valence-corrected chi connectivity index (χ1v) is 5.17.